The number of hydrogen-bond acceptors (Lipinski definition) is 7. The highest BCUT2D eigenvalue weighted by Crippen LogP contribution is 2.49. The van der Waals surface area contributed by atoms with Crippen LogP contribution >= 0.6 is 0 Å². The molecule has 5 aromatic rings. The Kier molecular flexibility index (Phi) is 6.23. The molecule has 1 atom stereocenters. The molecule has 0 radical (unpaired) electrons. The van der Waals surface area contributed by atoms with Gasteiger partial charge in [-0.2, -0.15) is 5.10 Å². The number of fused-ring (bicyclic) bond motifs is 4. The van der Waals surface area contributed by atoms with E-state index >= 15 is 0 Å². The number of anilines is 2. The summed E-state index contributed by atoms with van der Waals surface area (Å²) < 4.78 is 7.43. The first kappa shape index (κ1) is 25.6. The molecule has 8 nitrogen and oxygen atoms in total. The fourth-order valence-electron chi connectivity index (χ4n) is 5.69. The average molecular weight is 555 g/mol. The van der Waals surface area contributed by atoms with Gasteiger partial charge in [0.25, 0.3) is 0 Å². The van der Waals surface area contributed by atoms with Crippen LogP contribution in [0.1, 0.15) is 35.3 Å². The highest BCUT2D eigenvalue weighted by molar-refractivity contribution is 6.51. The van der Waals surface area contributed by atoms with Gasteiger partial charge in [-0.15, -0.1) is 0 Å². The summed E-state index contributed by atoms with van der Waals surface area (Å²) in [4.78, 5) is 12.6. The fourth-order valence-corrected chi connectivity index (χ4v) is 5.69. The number of nitrogens with zero attached hydrogens (tertiary/aromatic N) is 5. The number of hydrogen-bond donors (Lipinski definition) is 2. The van der Waals surface area contributed by atoms with E-state index in [1.165, 1.54) is 5.56 Å². The second-order valence-corrected chi connectivity index (χ2v) is 10.3. The van der Waals surface area contributed by atoms with Crippen molar-refractivity contribution in [3.05, 3.63) is 119 Å². The lowest BCUT2D eigenvalue weighted by Gasteiger charge is -2.40. The van der Waals surface area contributed by atoms with Crippen LogP contribution in [0.15, 0.2) is 107 Å². The molecule has 42 heavy (non-hydrogen) atoms. The van der Waals surface area contributed by atoms with Crippen molar-refractivity contribution in [2.24, 2.45) is 9.98 Å². The summed E-state index contributed by atoms with van der Waals surface area (Å²) in [6, 6.07) is 31.7. The van der Waals surface area contributed by atoms with E-state index in [2.05, 4.69) is 47.5 Å². The van der Waals surface area contributed by atoms with Crippen LogP contribution in [0.3, 0.4) is 0 Å². The van der Waals surface area contributed by atoms with Gasteiger partial charge in [0, 0.05) is 11.3 Å². The molecule has 0 saturated heterocycles. The molecule has 0 aliphatic carbocycles. The number of aromatic hydroxyl groups is 1. The third-order valence-electron chi connectivity index (χ3n) is 7.78. The van der Waals surface area contributed by atoms with E-state index in [4.69, 9.17) is 19.8 Å². The van der Waals surface area contributed by atoms with E-state index in [9.17, 15) is 5.11 Å². The molecule has 0 spiro atoms. The van der Waals surface area contributed by atoms with Crippen LogP contribution in [0, 0.1) is 6.92 Å². The topological polar surface area (TPSA) is 87.3 Å². The number of rotatable bonds is 5. The number of methoxy groups -OCH3 is 1. The Hall–Kier alpha value is -5.37. The molecule has 2 aliphatic rings. The van der Waals surface area contributed by atoms with Crippen LogP contribution in [0.2, 0.25) is 0 Å². The summed E-state index contributed by atoms with van der Waals surface area (Å²) in [5, 5.41) is 19.0. The van der Waals surface area contributed by atoms with E-state index in [1.807, 2.05) is 72.3 Å². The standard InChI is InChI=1S/C34H30N6O2/c1-4-22-14-17-24(18-15-22)35-32-34-37-33-30(21(2)38-40(33)25-10-6-5-7-11-25)31(23-16-19-28(41)29(20-23)42-3)39(34)27-13-9-8-12-26(27)36-32/h5-20,31,41H,4H2,1-3H3,(H,35,36)/t31-/m0/s1. The molecule has 8 heteroatoms. The lowest BCUT2D eigenvalue weighted by Crippen LogP contribution is -2.46. The molecule has 0 amide bonds. The first-order valence-corrected chi connectivity index (χ1v) is 14.0. The molecule has 0 saturated carbocycles. The van der Waals surface area contributed by atoms with Crippen LogP contribution in [-0.4, -0.2) is 33.7 Å². The average Bonchev–Trinajstić information content (AvgIpc) is 3.37. The minimum Gasteiger partial charge on any atom is -0.504 e. The lowest BCUT2D eigenvalue weighted by molar-refractivity contribution is 0.372. The first-order valence-electron chi connectivity index (χ1n) is 14.0. The maximum Gasteiger partial charge on any atom is 0.179 e. The molecule has 4 aromatic carbocycles. The molecule has 7 rings (SSSR count). The number of phenolic OH excluding ortho intramolecular Hbond substituents is 1. The minimum absolute atomic E-state index is 0.0846. The zero-order valence-electron chi connectivity index (χ0n) is 23.6. The Morgan fingerprint density at radius 1 is 0.905 bits per heavy atom. The van der Waals surface area contributed by atoms with Gasteiger partial charge >= 0.3 is 0 Å². The fraction of sp³-hybridized carbons (Fsp3) is 0.147. The monoisotopic (exact) mass is 554 g/mol. The largest absolute Gasteiger partial charge is 0.504 e. The number of benzene rings is 4. The van der Waals surface area contributed by atoms with Crippen molar-refractivity contribution in [3.8, 4) is 17.2 Å². The first-order chi connectivity index (χ1) is 20.6. The lowest BCUT2D eigenvalue weighted by atomic mass is 9.93. The van der Waals surface area contributed by atoms with Gasteiger partial charge in [-0.05, 0) is 73.0 Å². The molecule has 0 bridgehead atoms. The van der Waals surface area contributed by atoms with Crippen LogP contribution in [0.25, 0.3) is 5.69 Å². The van der Waals surface area contributed by atoms with E-state index < -0.39 is 0 Å². The molecule has 2 aliphatic heterocycles. The number of aromatic nitrogens is 2. The van der Waals surface area contributed by atoms with Gasteiger partial charge in [0.1, 0.15) is 0 Å². The summed E-state index contributed by atoms with van der Waals surface area (Å²) in [6.07, 6.45) is 0.971. The third kappa shape index (κ3) is 4.19. The Bertz CT molecular complexity index is 1860. The van der Waals surface area contributed by atoms with Crippen LogP contribution in [-0.2, 0) is 6.42 Å². The second kappa shape index (κ2) is 10.2. The maximum atomic E-state index is 10.5. The Morgan fingerprint density at radius 3 is 2.43 bits per heavy atom. The third-order valence-corrected chi connectivity index (χ3v) is 7.78. The number of ether oxygens (including phenoxy) is 1. The predicted octanol–water partition coefficient (Wildman–Crippen LogP) is 7.25. The maximum absolute atomic E-state index is 10.5. The Balaban J connectivity index is 1.48. The minimum atomic E-state index is -0.324. The van der Waals surface area contributed by atoms with E-state index in [1.54, 1.807) is 13.2 Å². The normalized spacial score (nSPS) is 15.2. The highest BCUT2D eigenvalue weighted by atomic mass is 16.5. The SMILES string of the molecule is CCc1ccc(NC2=Nc3ccccc3N3C2=Nc2c(c(C)nn2-c2ccccc2)[C@@H]3c2ccc(O)c(OC)c2)cc1. The van der Waals surface area contributed by atoms with Crippen molar-refractivity contribution < 1.29 is 9.84 Å². The van der Waals surface area contributed by atoms with Crippen LogP contribution < -0.4 is 15.0 Å². The Labute approximate surface area is 244 Å². The molecule has 3 heterocycles. The van der Waals surface area contributed by atoms with Crippen LogP contribution in [0.4, 0.5) is 22.9 Å². The molecular formula is C34H30N6O2. The smallest absolute Gasteiger partial charge is 0.179 e. The summed E-state index contributed by atoms with van der Waals surface area (Å²) in [5.41, 5.74) is 7.62. The number of amidine groups is 2. The number of aliphatic imine (C=N–C) groups is 2. The Morgan fingerprint density at radius 2 is 1.67 bits per heavy atom. The van der Waals surface area contributed by atoms with Gasteiger partial charge in [0.05, 0.1) is 35.9 Å². The number of para-hydroxylation sites is 3. The van der Waals surface area contributed by atoms with Gasteiger partial charge in [-0.3, -0.25) is 0 Å². The zero-order chi connectivity index (χ0) is 28.8. The van der Waals surface area contributed by atoms with Crippen molar-refractivity contribution in [2.45, 2.75) is 26.3 Å². The zero-order valence-corrected chi connectivity index (χ0v) is 23.6. The van der Waals surface area contributed by atoms with Gasteiger partial charge in [0.15, 0.2) is 29.0 Å². The molecule has 1 aromatic heterocycles. The molecular weight excluding hydrogens is 524 g/mol. The number of phenols is 1. The number of nitrogens with one attached hydrogen (secondary N) is 1. The van der Waals surface area contributed by atoms with Gasteiger partial charge in [0.2, 0.25) is 0 Å². The van der Waals surface area contributed by atoms with E-state index in [0.29, 0.717) is 17.4 Å². The van der Waals surface area contributed by atoms with E-state index in [-0.39, 0.29) is 11.8 Å². The van der Waals surface area contributed by atoms with Crippen LogP contribution in [0.5, 0.6) is 11.5 Å². The van der Waals surface area contributed by atoms with Crippen molar-refractivity contribution in [2.75, 3.05) is 17.3 Å². The summed E-state index contributed by atoms with van der Waals surface area (Å²) in [5.74, 6) is 2.53. The predicted molar refractivity (Wildman–Crippen MR) is 167 cm³/mol. The molecule has 2 N–H and O–H groups in total. The van der Waals surface area contributed by atoms with Crippen molar-refractivity contribution in [1.29, 1.82) is 0 Å². The second-order valence-electron chi connectivity index (χ2n) is 10.3. The van der Waals surface area contributed by atoms with Crippen molar-refractivity contribution in [1.82, 2.24) is 9.78 Å². The number of aryl methyl sites for hydroxylation is 2. The highest BCUT2D eigenvalue weighted by Gasteiger charge is 2.41. The van der Waals surface area contributed by atoms with E-state index in [0.717, 1.165) is 51.8 Å². The van der Waals surface area contributed by atoms with Gasteiger partial charge in [-0.1, -0.05) is 55.5 Å². The molecule has 0 fully saturated rings. The van der Waals surface area contributed by atoms with Crippen molar-refractivity contribution in [3.63, 3.8) is 0 Å². The molecule has 208 valence electrons. The van der Waals surface area contributed by atoms with Crippen molar-refractivity contribution >= 4 is 34.6 Å². The summed E-state index contributed by atoms with van der Waals surface area (Å²) in [7, 11) is 1.56. The quantitative estimate of drug-likeness (QED) is 0.239. The van der Waals surface area contributed by atoms with Gasteiger partial charge < -0.3 is 20.1 Å². The summed E-state index contributed by atoms with van der Waals surface area (Å²) in [6.45, 7) is 4.16. The van der Waals surface area contributed by atoms with Gasteiger partial charge in [-0.25, -0.2) is 14.7 Å². The summed E-state index contributed by atoms with van der Waals surface area (Å²) >= 11 is 0. The molecule has 0 unspecified atom stereocenters.